The Balaban J connectivity index is 0.00000200. The molecule has 0 aliphatic heterocycles. The fourth-order valence-corrected chi connectivity index (χ4v) is 3.04. The number of fused-ring (bicyclic) bond motifs is 1. The van der Waals surface area contributed by atoms with Crippen molar-refractivity contribution in [2.75, 3.05) is 0 Å². The number of hydrogen-bond acceptors (Lipinski definition) is 2. The van der Waals surface area contributed by atoms with Crippen LogP contribution < -0.4 is 29.6 Å². The summed E-state index contributed by atoms with van der Waals surface area (Å²) in [5.41, 5.74) is 3.48. The van der Waals surface area contributed by atoms with Crippen molar-refractivity contribution in [2.45, 2.75) is 38.0 Å². The molecule has 0 saturated heterocycles. The van der Waals surface area contributed by atoms with E-state index in [1.807, 2.05) is 31.2 Å². The van der Waals surface area contributed by atoms with Gasteiger partial charge in [0.05, 0.1) is 0 Å². The third-order valence-corrected chi connectivity index (χ3v) is 4.29. The molecule has 104 valence electrons. The smallest absolute Gasteiger partial charge is 1.00 e. The van der Waals surface area contributed by atoms with Gasteiger partial charge in [0.15, 0.2) is 0 Å². The maximum Gasteiger partial charge on any atom is 1.00 e. The first-order valence-corrected chi connectivity index (χ1v) is 7.81. The molecule has 0 spiro atoms. The van der Waals surface area contributed by atoms with Gasteiger partial charge in [-0.1, -0.05) is 39.0 Å². The summed E-state index contributed by atoms with van der Waals surface area (Å²) in [7, 11) is -4.19. The van der Waals surface area contributed by atoms with Crippen LogP contribution in [0, 0.1) is 0 Å². The van der Waals surface area contributed by atoms with Crippen molar-refractivity contribution < 1.29 is 44.0 Å². The second-order valence-corrected chi connectivity index (χ2v) is 6.40. The van der Waals surface area contributed by atoms with Crippen LogP contribution in [0.25, 0.3) is 11.1 Å². The normalized spacial score (nSPS) is 11.7. The molecule has 2 aliphatic rings. The third kappa shape index (κ3) is 3.43. The van der Waals surface area contributed by atoms with E-state index in [2.05, 4.69) is 13.8 Å². The Morgan fingerprint density at radius 3 is 2.35 bits per heavy atom. The van der Waals surface area contributed by atoms with Crippen LogP contribution in [-0.4, -0.2) is 13.0 Å². The van der Waals surface area contributed by atoms with Crippen LogP contribution in [0.5, 0.6) is 0 Å². The molecule has 0 radical (unpaired) electrons. The first-order valence-electron chi connectivity index (χ1n) is 6.37. The number of aryl methyl sites for hydroxylation is 1. The summed E-state index contributed by atoms with van der Waals surface area (Å²) in [5, 5.41) is 0. The van der Waals surface area contributed by atoms with E-state index in [9.17, 15) is 13.0 Å². The summed E-state index contributed by atoms with van der Waals surface area (Å²) in [6.07, 6.45) is 0.729. The molecule has 1 N–H and O–H groups in total. The molecule has 0 fully saturated rings. The Labute approximate surface area is 144 Å². The second-order valence-electron chi connectivity index (χ2n) is 5.01. The van der Waals surface area contributed by atoms with Crippen LogP contribution in [-0.2, 0) is 16.5 Å². The number of hydrogen-bond donors (Lipinski definition) is 1. The summed E-state index contributed by atoms with van der Waals surface area (Å²) >= 11 is 0. The van der Waals surface area contributed by atoms with Crippen molar-refractivity contribution in [3.05, 3.63) is 41.5 Å². The van der Waals surface area contributed by atoms with E-state index in [-0.39, 0.29) is 35.9 Å². The Kier molecular flexibility index (Phi) is 5.81. The van der Waals surface area contributed by atoms with Gasteiger partial charge in [-0.15, -0.1) is 0 Å². The van der Waals surface area contributed by atoms with Crippen molar-refractivity contribution >= 4 is 10.1 Å². The van der Waals surface area contributed by atoms with Crippen molar-refractivity contribution in [1.29, 1.82) is 0 Å². The Morgan fingerprint density at radius 1 is 1.20 bits per heavy atom. The minimum Gasteiger partial charge on any atom is -1.00 e. The van der Waals surface area contributed by atoms with Crippen molar-refractivity contribution in [3.8, 4) is 11.1 Å². The first kappa shape index (κ1) is 17.7. The van der Waals surface area contributed by atoms with Gasteiger partial charge < -0.3 is 1.43 Å². The van der Waals surface area contributed by atoms with Gasteiger partial charge in [-0.25, -0.2) is 0 Å². The average Bonchev–Trinajstić information content (AvgIpc) is 2.52. The molecule has 0 bridgehead atoms. The fraction of sp³-hybridized carbons (Fsp3) is 0.333. The zero-order valence-electron chi connectivity index (χ0n) is 13.3. The van der Waals surface area contributed by atoms with Crippen molar-refractivity contribution in [2.24, 2.45) is 0 Å². The monoisotopic (exact) mass is 302 g/mol. The predicted molar refractivity (Wildman–Crippen MR) is 77.5 cm³/mol. The van der Waals surface area contributed by atoms with Gasteiger partial charge >= 0.3 is 29.6 Å². The molecule has 0 saturated carbocycles. The SMILES string of the molecule is CCc1cc(S(=O)(=O)O)c2cc(C(C)C)cccc1-2.[H-].[Na+]. The molecule has 5 heteroatoms. The molecule has 20 heavy (non-hydrogen) atoms. The molecule has 0 unspecified atom stereocenters. The molecule has 0 heterocycles. The van der Waals surface area contributed by atoms with Crippen LogP contribution >= 0.6 is 0 Å². The van der Waals surface area contributed by atoms with Gasteiger partial charge in [0, 0.05) is 5.56 Å². The van der Waals surface area contributed by atoms with Crippen LogP contribution in [0.3, 0.4) is 0 Å². The summed E-state index contributed by atoms with van der Waals surface area (Å²) in [6, 6.07) is 9.27. The second kappa shape index (κ2) is 6.58. The van der Waals surface area contributed by atoms with E-state index in [0.717, 1.165) is 23.1 Å². The Morgan fingerprint density at radius 2 is 1.85 bits per heavy atom. The Bertz CT molecular complexity index is 684. The van der Waals surface area contributed by atoms with Gasteiger partial charge in [0.2, 0.25) is 0 Å². The minimum absolute atomic E-state index is 0. The summed E-state index contributed by atoms with van der Waals surface area (Å²) < 4.78 is 32.4. The van der Waals surface area contributed by atoms with E-state index < -0.39 is 10.1 Å². The van der Waals surface area contributed by atoms with Crippen LogP contribution in [0.1, 0.15) is 39.2 Å². The van der Waals surface area contributed by atoms with Gasteiger partial charge in [-0.05, 0) is 41.2 Å². The summed E-state index contributed by atoms with van der Waals surface area (Å²) in [6.45, 7) is 6.08. The van der Waals surface area contributed by atoms with Gasteiger partial charge in [0.1, 0.15) is 4.90 Å². The molecule has 0 amide bonds. The van der Waals surface area contributed by atoms with E-state index in [1.54, 1.807) is 6.07 Å². The van der Waals surface area contributed by atoms with Gasteiger partial charge in [0.25, 0.3) is 10.1 Å². The van der Waals surface area contributed by atoms with Crippen LogP contribution in [0.15, 0.2) is 35.2 Å². The van der Waals surface area contributed by atoms with Crippen LogP contribution in [0.4, 0.5) is 0 Å². The van der Waals surface area contributed by atoms with E-state index in [4.69, 9.17) is 0 Å². The van der Waals surface area contributed by atoms with E-state index in [0.29, 0.717) is 11.5 Å². The summed E-state index contributed by atoms with van der Waals surface area (Å²) in [4.78, 5) is 0.0115. The van der Waals surface area contributed by atoms with Crippen LogP contribution in [0.2, 0.25) is 0 Å². The van der Waals surface area contributed by atoms with Crippen molar-refractivity contribution in [3.63, 3.8) is 0 Å². The Hall–Kier alpha value is -0.390. The summed E-state index contributed by atoms with van der Waals surface area (Å²) in [5.74, 6) is 0.296. The molecule has 3 nitrogen and oxygen atoms in total. The zero-order valence-corrected chi connectivity index (χ0v) is 15.2. The molecule has 0 aromatic rings. The zero-order chi connectivity index (χ0) is 14.2. The van der Waals surface area contributed by atoms with E-state index in [1.165, 1.54) is 0 Å². The molecule has 0 aromatic carbocycles. The topological polar surface area (TPSA) is 54.4 Å². The average molecular weight is 302 g/mol. The molecule has 0 atom stereocenters. The molecule has 0 aromatic heterocycles. The molecule has 2 rings (SSSR count). The minimum atomic E-state index is -4.19. The van der Waals surface area contributed by atoms with E-state index >= 15 is 0 Å². The molecular weight excluding hydrogens is 283 g/mol. The maximum absolute atomic E-state index is 11.5. The van der Waals surface area contributed by atoms with Crippen molar-refractivity contribution in [1.82, 2.24) is 0 Å². The van der Waals surface area contributed by atoms with Gasteiger partial charge in [-0.2, -0.15) is 8.42 Å². The molecule has 2 aliphatic carbocycles. The standard InChI is InChI=1S/C15H18O3S.Na.H/c1-4-11-9-15(19(16,17)18)14-8-12(10(2)3)6-5-7-13(11)14;;/h5-10H,4H2,1-3H3,(H,16,17,18);;/q;+1;-1. The number of rotatable bonds is 3. The quantitative estimate of drug-likeness (QED) is 0.675. The first-order chi connectivity index (χ1) is 8.84. The van der Waals surface area contributed by atoms with Gasteiger partial charge in [-0.3, -0.25) is 4.55 Å². The molecular formula is C15H19NaO3S. The largest absolute Gasteiger partial charge is 1.00 e. The third-order valence-electron chi connectivity index (χ3n) is 3.39. The fourth-order valence-electron chi connectivity index (χ4n) is 2.30. The maximum atomic E-state index is 11.5. The predicted octanol–water partition coefficient (Wildman–Crippen LogP) is 0.840.